The van der Waals surface area contributed by atoms with Crippen molar-refractivity contribution in [3.05, 3.63) is 0 Å². The van der Waals surface area contributed by atoms with Crippen LogP contribution in [0.2, 0.25) is 0 Å². The lowest BCUT2D eigenvalue weighted by atomic mass is 10.8. The second-order valence-corrected chi connectivity index (χ2v) is 0.925. The molecule has 0 aromatic carbocycles. The Morgan fingerprint density at radius 2 is 2.00 bits per heavy atom. The molecule has 0 unspecified atom stereocenters. The maximum absolute atomic E-state index is 9.82. The molecule has 0 aromatic rings. The standard InChI is InChI=1S/C4H8O2.CH4.ClH/c1-3-6-4(2)5;;/h3H2,1-2H3;1H4;1H. The molecule has 8 heavy (non-hydrogen) atoms. The van der Waals surface area contributed by atoms with Gasteiger partial charge in [0.2, 0.25) is 0 Å². The fourth-order valence-electron chi connectivity index (χ4n) is 0.203. The SMILES string of the molecule is C.CCOC(C)=O.Cl. The Morgan fingerprint density at radius 1 is 1.62 bits per heavy atom. The molecule has 0 amide bonds. The van der Waals surface area contributed by atoms with Gasteiger partial charge in [-0.15, -0.1) is 12.4 Å². The van der Waals surface area contributed by atoms with Crippen LogP contribution in [0.3, 0.4) is 0 Å². The summed E-state index contributed by atoms with van der Waals surface area (Å²) in [5.41, 5.74) is 0. The Hall–Kier alpha value is -0.240. The lowest BCUT2D eigenvalue weighted by molar-refractivity contribution is -0.140. The van der Waals surface area contributed by atoms with Gasteiger partial charge in [0.1, 0.15) is 0 Å². The first-order valence-corrected chi connectivity index (χ1v) is 1.90. The average molecular weight is 141 g/mol. The number of hydrogen-bond acceptors (Lipinski definition) is 2. The molecule has 0 saturated carbocycles. The molecule has 0 rings (SSSR count). The Balaban J connectivity index is -0.000000125. The van der Waals surface area contributed by atoms with Crippen LogP contribution in [-0.4, -0.2) is 12.6 Å². The molecule has 0 N–H and O–H groups in total. The smallest absolute Gasteiger partial charge is 0.302 e. The molecule has 3 heteroatoms. The molecule has 0 fully saturated rings. The van der Waals surface area contributed by atoms with Crippen LogP contribution in [0.15, 0.2) is 0 Å². The van der Waals surface area contributed by atoms with E-state index in [0.29, 0.717) is 6.61 Å². The van der Waals surface area contributed by atoms with Crippen LogP contribution in [0, 0.1) is 0 Å². The quantitative estimate of drug-likeness (QED) is 0.518. The number of halogens is 1. The minimum Gasteiger partial charge on any atom is -0.466 e. The zero-order chi connectivity index (χ0) is 4.99. The van der Waals surface area contributed by atoms with Crippen molar-refractivity contribution in [2.75, 3.05) is 6.61 Å². The first-order valence-electron chi connectivity index (χ1n) is 1.90. The molecule has 2 nitrogen and oxygen atoms in total. The van der Waals surface area contributed by atoms with Gasteiger partial charge in [-0.2, -0.15) is 0 Å². The summed E-state index contributed by atoms with van der Waals surface area (Å²) in [6, 6.07) is 0. The second kappa shape index (κ2) is 9.90. The fourth-order valence-corrected chi connectivity index (χ4v) is 0.203. The summed E-state index contributed by atoms with van der Waals surface area (Å²) >= 11 is 0. The van der Waals surface area contributed by atoms with Crippen LogP contribution in [-0.2, 0) is 9.53 Å². The molecule has 0 bridgehead atoms. The third kappa shape index (κ3) is 17.1. The summed E-state index contributed by atoms with van der Waals surface area (Å²) in [7, 11) is 0. The molecule has 0 aliphatic heterocycles. The summed E-state index contributed by atoms with van der Waals surface area (Å²) in [6.45, 7) is 3.65. The van der Waals surface area contributed by atoms with Gasteiger partial charge in [0.15, 0.2) is 0 Å². The van der Waals surface area contributed by atoms with Gasteiger partial charge in [-0.3, -0.25) is 4.79 Å². The lowest BCUT2D eigenvalue weighted by Gasteiger charge is -1.89. The van der Waals surface area contributed by atoms with Crippen molar-refractivity contribution in [3.63, 3.8) is 0 Å². The molecular formula is C5H13ClO2. The van der Waals surface area contributed by atoms with Gasteiger partial charge >= 0.3 is 5.97 Å². The third-order valence-corrected chi connectivity index (χ3v) is 0.348. The van der Waals surface area contributed by atoms with E-state index in [2.05, 4.69) is 4.74 Å². The summed E-state index contributed by atoms with van der Waals surface area (Å²) in [6.07, 6.45) is 0. The van der Waals surface area contributed by atoms with Crippen LogP contribution in [0.1, 0.15) is 21.3 Å². The minimum absolute atomic E-state index is 0. The van der Waals surface area contributed by atoms with Crippen LogP contribution in [0.25, 0.3) is 0 Å². The van der Waals surface area contributed by atoms with E-state index in [1.165, 1.54) is 6.92 Å². The third-order valence-electron chi connectivity index (χ3n) is 0.348. The maximum atomic E-state index is 9.82. The number of hydrogen-bond donors (Lipinski definition) is 0. The highest BCUT2D eigenvalue weighted by molar-refractivity contribution is 5.85. The lowest BCUT2D eigenvalue weighted by Crippen LogP contribution is -1.95. The Kier molecular flexibility index (Phi) is 19.4. The van der Waals surface area contributed by atoms with Crippen LogP contribution in [0.4, 0.5) is 0 Å². The van der Waals surface area contributed by atoms with Gasteiger partial charge in [0, 0.05) is 6.92 Å². The first kappa shape index (κ1) is 15.7. The number of ether oxygens (including phenoxy) is 1. The normalized spacial score (nSPS) is 5.75. The first-order chi connectivity index (χ1) is 2.77. The van der Waals surface area contributed by atoms with E-state index < -0.39 is 0 Å². The highest BCUT2D eigenvalue weighted by Gasteiger charge is 1.81. The molecule has 0 atom stereocenters. The Bertz CT molecular complexity index is 54.4. The van der Waals surface area contributed by atoms with E-state index in [1.807, 2.05) is 0 Å². The number of esters is 1. The topological polar surface area (TPSA) is 26.3 Å². The number of rotatable bonds is 1. The zero-order valence-corrected chi connectivity index (χ0v) is 5.25. The minimum atomic E-state index is -0.211. The molecule has 0 aliphatic carbocycles. The average Bonchev–Trinajstić information content (AvgIpc) is 1.35. The highest BCUT2D eigenvalue weighted by Crippen LogP contribution is 1.69. The predicted molar refractivity (Wildman–Crippen MR) is 36.3 cm³/mol. The second-order valence-electron chi connectivity index (χ2n) is 0.925. The highest BCUT2D eigenvalue weighted by atomic mass is 35.5. The maximum Gasteiger partial charge on any atom is 0.302 e. The summed E-state index contributed by atoms with van der Waals surface area (Å²) in [5, 5.41) is 0. The van der Waals surface area contributed by atoms with E-state index in [0.717, 1.165) is 0 Å². The molecule has 52 valence electrons. The molecule has 0 spiro atoms. The van der Waals surface area contributed by atoms with Crippen molar-refractivity contribution in [1.29, 1.82) is 0 Å². The predicted octanol–water partition coefficient (Wildman–Crippen LogP) is 1.63. The van der Waals surface area contributed by atoms with Crippen molar-refractivity contribution < 1.29 is 9.53 Å². The van der Waals surface area contributed by atoms with Crippen LogP contribution >= 0.6 is 12.4 Å². The van der Waals surface area contributed by atoms with Crippen molar-refractivity contribution in [3.8, 4) is 0 Å². The zero-order valence-electron chi connectivity index (χ0n) is 4.43. The Morgan fingerprint density at radius 3 is 2.00 bits per heavy atom. The van der Waals surface area contributed by atoms with E-state index in [1.54, 1.807) is 6.92 Å². The van der Waals surface area contributed by atoms with E-state index >= 15 is 0 Å². The van der Waals surface area contributed by atoms with Gasteiger partial charge in [-0.1, -0.05) is 7.43 Å². The van der Waals surface area contributed by atoms with Gasteiger partial charge in [-0.05, 0) is 6.92 Å². The molecular weight excluding hydrogens is 128 g/mol. The summed E-state index contributed by atoms with van der Waals surface area (Å²) < 4.78 is 4.40. The summed E-state index contributed by atoms with van der Waals surface area (Å²) in [5.74, 6) is -0.211. The van der Waals surface area contributed by atoms with Gasteiger partial charge < -0.3 is 4.74 Å². The van der Waals surface area contributed by atoms with Crippen LogP contribution < -0.4 is 0 Å². The molecule has 0 aromatic heterocycles. The van der Waals surface area contributed by atoms with E-state index in [-0.39, 0.29) is 25.8 Å². The van der Waals surface area contributed by atoms with Crippen molar-refractivity contribution >= 4 is 18.4 Å². The number of carbonyl (C=O) groups excluding carboxylic acids is 1. The van der Waals surface area contributed by atoms with Crippen molar-refractivity contribution in [1.82, 2.24) is 0 Å². The van der Waals surface area contributed by atoms with E-state index in [9.17, 15) is 4.79 Å². The largest absolute Gasteiger partial charge is 0.466 e. The van der Waals surface area contributed by atoms with Gasteiger partial charge in [0.25, 0.3) is 0 Å². The van der Waals surface area contributed by atoms with Crippen molar-refractivity contribution in [2.45, 2.75) is 21.3 Å². The number of carbonyl (C=O) groups is 1. The molecule has 0 heterocycles. The summed E-state index contributed by atoms with van der Waals surface area (Å²) in [4.78, 5) is 9.82. The molecule has 0 saturated heterocycles. The van der Waals surface area contributed by atoms with Gasteiger partial charge in [-0.25, -0.2) is 0 Å². The van der Waals surface area contributed by atoms with Crippen LogP contribution in [0.5, 0.6) is 0 Å². The monoisotopic (exact) mass is 140 g/mol. The fraction of sp³-hybridized carbons (Fsp3) is 0.800. The van der Waals surface area contributed by atoms with E-state index in [4.69, 9.17) is 0 Å². The van der Waals surface area contributed by atoms with Crippen molar-refractivity contribution in [2.24, 2.45) is 0 Å². The van der Waals surface area contributed by atoms with Gasteiger partial charge in [0.05, 0.1) is 6.61 Å². The molecule has 0 radical (unpaired) electrons. The Labute approximate surface area is 56.6 Å². The molecule has 0 aliphatic rings.